The Morgan fingerprint density at radius 3 is 1.93 bits per heavy atom. The van der Waals surface area contributed by atoms with Crippen molar-refractivity contribution in [1.82, 2.24) is 0 Å². The van der Waals surface area contributed by atoms with E-state index in [0.29, 0.717) is 0 Å². The first-order valence-corrected chi connectivity index (χ1v) is 3.26. The zero-order valence-corrected chi connectivity index (χ0v) is 10.4. The summed E-state index contributed by atoms with van der Waals surface area (Å²) in [5, 5.41) is 25.2. The zero-order valence-electron chi connectivity index (χ0n) is 7.26. The Morgan fingerprint density at radius 1 is 1.21 bits per heavy atom. The second kappa shape index (κ2) is 4.68. The first kappa shape index (κ1) is 14.0. The standard InChI is InChI=1S/C6H6O7.K/c7-2(8)1-6(5(11)12)3(13-6)4(9)10;/h3H,1H2,(H,7,8)(H,9,10)(H,11,12);. The van der Waals surface area contributed by atoms with Crippen molar-refractivity contribution >= 4 is 69.3 Å². The smallest absolute Gasteiger partial charge is 0.340 e. The third-order valence-corrected chi connectivity index (χ3v) is 1.69. The average molecular weight is 229 g/mol. The molecule has 14 heavy (non-hydrogen) atoms. The predicted octanol–water partition coefficient (Wildman–Crippen LogP) is -1.61. The van der Waals surface area contributed by atoms with Gasteiger partial charge in [-0.15, -0.1) is 0 Å². The molecule has 0 aliphatic carbocycles. The van der Waals surface area contributed by atoms with Gasteiger partial charge in [0.05, 0.1) is 6.42 Å². The summed E-state index contributed by atoms with van der Waals surface area (Å²) in [7, 11) is 0. The average Bonchev–Trinajstić information content (AvgIpc) is 2.62. The fourth-order valence-corrected chi connectivity index (χ4v) is 1.02. The Balaban J connectivity index is 0.00000169. The van der Waals surface area contributed by atoms with E-state index in [9.17, 15) is 14.4 Å². The van der Waals surface area contributed by atoms with Crippen LogP contribution in [0, 0.1) is 0 Å². The predicted molar refractivity (Wildman–Crippen MR) is 40.9 cm³/mol. The van der Waals surface area contributed by atoms with E-state index in [0.717, 1.165) is 0 Å². The third kappa shape index (κ3) is 2.52. The van der Waals surface area contributed by atoms with Gasteiger partial charge in [0.25, 0.3) is 0 Å². The van der Waals surface area contributed by atoms with Gasteiger partial charge in [0, 0.05) is 51.4 Å². The Morgan fingerprint density at radius 2 is 1.71 bits per heavy atom. The molecule has 1 saturated heterocycles. The molecule has 73 valence electrons. The number of rotatable bonds is 4. The molecule has 1 fully saturated rings. The molecule has 0 aromatic carbocycles. The van der Waals surface area contributed by atoms with Crippen LogP contribution in [0.25, 0.3) is 0 Å². The molecule has 1 aliphatic rings. The maximum absolute atomic E-state index is 10.5. The fourth-order valence-electron chi connectivity index (χ4n) is 1.02. The van der Waals surface area contributed by atoms with Gasteiger partial charge in [0.1, 0.15) is 0 Å². The quantitative estimate of drug-likeness (QED) is 0.391. The maximum atomic E-state index is 10.5. The normalized spacial score (nSPS) is 28.7. The second-order valence-electron chi connectivity index (χ2n) is 2.60. The minimum atomic E-state index is -2.07. The van der Waals surface area contributed by atoms with Gasteiger partial charge in [-0.05, 0) is 0 Å². The van der Waals surface area contributed by atoms with Crippen LogP contribution in [0.4, 0.5) is 0 Å². The molecule has 1 heterocycles. The van der Waals surface area contributed by atoms with Crippen molar-refractivity contribution in [3.8, 4) is 0 Å². The third-order valence-electron chi connectivity index (χ3n) is 1.69. The maximum Gasteiger partial charge on any atom is 0.340 e. The van der Waals surface area contributed by atoms with Crippen LogP contribution in [0.5, 0.6) is 0 Å². The molecule has 2 unspecified atom stereocenters. The van der Waals surface area contributed by atoms with Crippen molar-refractivity contribution in [1.29, 1.82) is 0 Å². The number of hydrogen-bond acceptors (Lipinski definition) is 4. The molecular formula is C6H6KO7. The summed E-state index contributed by atoms with van der Waals surface area (Å²) in [6.45, 7) is 0. The molecule has 0 amide bonds. The molecule has 0 saturated carbocycles. The molecule has 8 heteroatoms. The van der Waals surface area contributed by atoms with Crippen LogP contribution in [0.15, 0.2) is 0 Å². The van der Waals surface area contributed by atoms with Crippen LogP contribution in [0.2, 0.25) is 0 Å². The first-order valence-electron chi connectivity index (χ1n) is 3.26. The Labute approximate surface area is 120 Å². The topological polar surface area (TPSA) is 124 Å². The summed E-state index contributed by atoms with van der Waals surface area (Å²) in [5.74, 6) is -4.45. The van der Waals surface area contributed by atoms with Gasteiger partial charge in [-0.1, -0.05) is 0 Å². The summed E-state index contributed by atoms with van der Waals surface area (Å²) >= 11 is 0. The van der Waals surface area contributed by atoms with Gasteiger partial charge in [-0.2, -0.15) is 0 Å². The van der Waals surface area contributed by atoms with Crippen molar-refractivity contribution in [2.24, 2.45) is 0 Å². The molecule has 2 atom stereocenters. The van der Waals surface area contributed by atoms with Crippen molar-refractivity contribution in [2.45, 2.75) is 18.1 Å². The summed E-state index contributed by atoms with van der Waals surface area (Å²) in [4.78, 5) is 31.0. The van der Waals surface area contributed by atoms with Crippen LogP contribution in [-0.2, 0) is 19.1 Å². The second-order valence-corrected chi connectivity index (χ2v) is 2.60. The van der Waals surface area contributed by atoms with E-state index < -0.39 is 36.0 Å². The molecule has 0 aromatic heterocycles. The van der Waals surface area contributed by atoms with Crippen molar-refractivity contribution in [3.63, 3.8) is 0 Å². The van der Waals surface area contributed by atoms with Crippen LogP contribution < -0.4 is 0 Å². The SMILES string of the molecule is O=C(O)CC1(C(=O)O)OC1C(=O)O.[K]. The van der Waals surface area contributed by atoms with E-state index in [1.807, 2.05) is 0 Å². The van der Waals surface area contributed by atoms with Crippen LogP contribution in [0.3, 0.4) is 0 Å². The summed E-state index contributed by atoms with van der Waals surface area (Å²) in [6, 6.07) is 0. The van der Waals surface area contributed by atoms with Gasteiger partial charge in [0.15, 0.2) is 6.10 Å². The minimum absolute atomic E-state index is 0. The number of epoxide rings is 1. The van der Waals surface area contributed by atoms with Crippen LogP contribution in [0.1, 0.15) is 6.42 Å². The van der Waals surface area contributed by atoms with Gasteiger partial charge < -0.3 is 20.1 Å². The molecular weight excluding hydrogens is 223 g/mol. The summed E-state index contributed by atoms with van der Waals surface area (Å²) < 4.78 is 4.36. The van der Waals surface area contributed by atoms with Gasteiger partial charge >= 0.3 is 17.9 Å². The summed E-state index contributed by atoms with van der Waals surface area (Å²) in [5.41, 5.74) is -2.07. The fraction of sp³-hybridized carbons (Fsp3) is 0.500. The van der Waals surface area contributed by atoms with Gasteiger partial charge in [0.2, 0.25) is 5.60 Å². The largest absolute Gasteiger partial charge is 0.481 e. The first-order chi connectivity index (χ1) is 5.90. The van der Waals surface area contributed by atoms with Crippen molar-refractivity contribution < 1.29 is 34.4 Å². The number of carboxylic acid groups (broad SMARTS) is 3. The number of carboxylic acids is 3. The Kier molecular flexibility index (Phi) is 4.69. The van der Waals surface area contributed by atoms with Crippen molar-refractivity contribution in [2.75, 3.05) is 0 Å². The molecule has 0 aromatic rings. The minimum Gasteiger partial charge on any atom is -0.481 e. The van der Waals surface area contributed by atoms with Gasteiger partial charge in [-0.25, -0.2) is 9.59 Å². The number of aliphatic carboxylic acids is 3. The molecule has 7 nitrogen and oxygen atoms in total. The Hall–Kier alpha value is 0.00636. The van der Waals surface area contributed by atoms with Crippen molar-refractivity contribution in [3.05, 3.63) is 0 Å². The van der Waals surface area contributed by atoms with Gasteiger partial charge in [-0.3, -0.25) is 4.79 Å². The van der Waals surface area contributed by atoms with E-state index in [1.54, 1.807) is 0 Å². The molecule has 1 aliphatic heterocycles. The molecule has 1 rings (SSSR count). The zero-order chi connectivity index (χ0) is 10.2. The number of carbonyl (C=O) groups is 3. The number of ether oxygens (including phenoxy) is 1. The molecule has 1 radical (unpaired) electrons. The van der Waals surface area contributed by atoms with E-state index in [1.165, 1.54) is 0 Å². The Bertz CT molecular complexity index is 288. The van der Waals surface area contributed by atoms with E-state index in [2.05, 4.69) is 4.74 Å². The molecule has 0 spiro atoms. The monoisotopic (exact) mass is 229 g/mol. The van der Waals surface area contributed by atoms with E-state index >= 15 is 0 Å². The van der Waals surface area contributed by atoms with Crippen LogP contribution >= 0.6 is 0 Å². The summed E-state index contributed by atoms with van der Waals surface area (Å²) in [6.07, 6.45) is -2.40. The van der Waals surface area contributed by atoms with E-state index in [-0.39, 0.29) is 51.4 Å². The number of hydrogen-bond donors (Lipinski definition) is 3. The molecule has 3 N–H and O–H groups in total. The van der Waals surface area contributed by atoms with E-state index in [4.69, 9.17) is 15.3 Å². The molecule has 0 bridgehead atoms. The van der Waals surface area contributed by atoms with Crippen LogP contribution in [-0.4, -0.2) is 96.3 Å².